The zero-order valence-electron chi connectivity index (χ0n) is 21.4. The number of rotatable bonds is 5. The molecule has 2 aromatic heterocycles. The first-order valence-electron chi connectivity index (χ1n) is 13.0. The van der Waals surface area contributed by atoms with E-state index in [1.54, 1.807) is 0 Å². The summed E-state index contributed by atoms with van der Waals surface area (Å²) in [6, 6.07) is 12.9. The number of hydrazine groups is 1. The molecule has 0 atom stereocenters. The van der Waals surface area contributed by atoms with Crippen LogP contribution in [-0.4, -0.2) is 49.4 Å². The fraction of sp³-hybridized carbons (Fsp3) is 0.393. The summed E-state index contributed by atoms with van der Waals surface area (Å²) in [5.41, 5.74) is 8.07. The smallest absolute Gasteiger partial charge is 0.229 e. The lowest BCUT2D eigenvalue weighted by molar-refractivity contribution is -0.0505. The zero-order valence-corrected chi connectivity index (χ0v) is 21.4. The van der Waals surface area contributed by atoms with E-state index in [2.05, 4.69) is 75.9 Å². The molecule has 2 N–H and O–H groups in total. The molecule has 8 nitrogen and oxygen atoms in total. The van der Waals surface area contributed by atoms with Crippen LogP contribution in [-0.2, 0) is 20.0 Å². The number of piperidine rings is 1. The van der Waals surface area contributed by atoms with Crippen LogP contribution in [0.5, 0.6) is 0 Å². The molecule has 2 aliphatic heterocycles. The highest BCUT2D eigenvalue weighted by Crippen LogP contribution is 2.30. The van der Waals surface area contributed by atoms with E-state index < -0.39 is 0 Å². The third kappa shape index (κ3) is 4.42. The van der Waals surface area contributed by atoms with Crippen LogP contribution < -0.4 is 10.6 Å². The van der Waals surface area contributed by atoms with Gasteiger partial charge in [-0.1, -0.05) is 30.7 Å². The number of fused-ring (bicyclic) bond motifs is 2. The van der Waals surface area contributed by atoms with E-state index in [0.717, 1.165) is 47.7 Å². The molecule has 8 heteroatoms. The van der Waals surface area contributed by atoms with Crippen LogP contribution >= 0.6 is 0 Å². The first-order valence-corrected chi connectivity index (χ1v) is 13.0. The van der Waals surface area contributed by atoms with Crippen molar-refractivity contribution in [3.05, 3.63) is 64.8 Å². The van der Waals surface area contributed by atoms with E-state index in [4.69, 9.17) is 10.1 Å². The normalized spacial score (nSPS) is 16.8. The zero-order chi connectivity index (χ0) is 24.6. The maximum absolute atomic E-state index is 4.80. The number of aromatic nitrogens is 4. The lowest BCUT2D eigenvalue weighted by Gasteiger charge is -2.40. The van der Waals surface area contributed by atoms with Crippen molar-refractivity contribution >= 4 is 34.2 Å². The molecular formula is C28H34N8. The van der Waals surface area contributed by atoms with Crippen molar-refractivity contribution < 1.29 is 0 Å². The van der Waals surface area contributed by atoms with Gasteiger partial charge in [-0.25, -0.2) is 19.7 Å². The van der Waals surface area contributed by atoms with Crippen molar-refractivity contribution in [3.63, 3.8) is 0 Å². The number of benzene rings is 2. The van der Waals surface area contributed by atoms with Gasteiger partial charge in [0.05, 0.1) is 5.39 Å². The van der Waals surface area contributed by atoms with Crippen LogP contribution in [0.1, 0.15) is 41.5 Å². The van der Waals surface area contributed by atoms with Crippen molar-refractivity contribution in [1.82, 2.24) is 29.8 Å². The highest BCUT2D eigenvalue weighted by Gasteiger charge is 2.23. The van der Waals surface area contributed by atoms with Crippen LogP contribution in [0.2, 0.25) is 0 Å². The maximum Gasteiger partial charge on any atom is 0.229 e. The van der Waals surface area contributed by atoms with Gasteiger partial charge in [-0.3, -0.25) is 0 Å². The van der Waals surface area contributed by atoms with Gasteiger partial charge in [-0.15, -0.1) is 0 Å². The van der Waals surface area contributed by atoms with Gasteiger partial charge in [0.15, 0.2) is 11.5 Å². The average Bonchev–Trinajstić information content (AvgIpc) is 3.21. The Labute approximate surface area is 212 Å². The van der Waals surface area contributed by atoms with Crippen molar-refractivity contribution in [1.29, 1.82) is 0 Å². The number of anilines is 4. The topological polar surface area (TPSA) is 74.1 Å². The van der Waals surface area contributed by atoms with Crippen molar-refractivity contribution in [2.45, 2.75) is 46.1 Å². The van der Waals surface area contributed by atoms with Crippen LogP contribution in [0.25, 0.3) is 11.0 Å². The fourth-order valence-electron chi connectivity index (χ4n) is 5.47. The molecular weight excluding hydrogens is 448 g/mol. The number of aryl methyl sites for hydroxylation is 3. The summed E-state index contributed by atoms with van der Waals surface area (Å²) in [6.45, 7) is 8.66. The Kier molecular flexibility index (Phi) is 6.07. The molecule has 0 aliphatic carbocycles. The molecule has 0 unspecified atom stereocenters. The lowest BCUT2D eigenvalue weighted by Crippen LogP contribution is -2.47. The molecule has 1 saturated heterocycles. The Hall–Kier alpha value is -3.49. The number of hydrogen-bond acceptors (Lipinski definition) is 7. The molecule has 1 fully saturated rings. The minimum Gasteiger partial charge on any atom is -0.338 e. The summed E-state index contributed by atoms with van der Waals surface area (Å²) in [7, 11) is 1.92. The van der Waals surface area contributed by atoms with Gasteiger partial charge in [0, 0.05) is 50.8 Å². The minimum atomic E-state index is 0.577. The molecule has 2 aromatic carbocycles. The highest BCUT2D eigenvalue weighted by atomic mass is 15.6. The van der Waals surface area contributed by atoms with Crippen molar-refractivity contribution in [3.8, 4) is 0 Å². The van der Waals surface area contributed by atoms with Gasteiger partial charge in [0.1, 0.15) is 0 Å². The van der Waals surface area contributed by atoms with Crippen LogP contribution in [0.3, 0.4) is 0 Å². The van der Waals surface area contributed by atoms with E-state index in [1.165, 1.54) is 54.6 Å². The molecule has 0 amide bonds. The van der Waals surface area contributed by atoms with Crippen molar-refractivity contribution in [2.24, 2.45) is 7.05 Å². The Morgan fingerprint density at radius 2 is 1.67 bits per heavy atom. The van der Waals surface area contributed by atoms with Gasteiger partial charge >= 0.3 is 0 Å². The van der Waals surface area contributed by atoms with E-state index >= 15 is 0 Å². The van der Waals surface area contributed by atoms with Gasteiger partial charge in [-0.2, -0.15) is 10.1 Å². The fourth-order valence-corrected chi connectivity index (χ4v) is 5.47. The van der Waals surface area contributed by atoms with Crippen LogP contribution in [0.4, 0.5) is 23.1 Å². The van der Waals surface area contributed by atoms with Gasteiger partial charge < -0.3 is 10.6 Å². The summed E-state index contributed by atoms with van der Waals surface area (Å²) in [5, 5.41) is 17.6. The van der Waals surface area contributed by atoms with Crippen LogP contribution in [0, 0.1) is 13.8 Å². The largest absolute Gasteiger partial charge is 0.338 e. The monoisotopic (exact) mass is 482 g/mol. The molecule has 4 heterocycles. The Morgan fingerprint density at radius 1 is 0.861 bits per heavy atom. The second kappa shape index (κ2) is 9.52. The van der Waals surface area contributed by atoms with Gasteiger partial charge in [0.25, 0.3) is 0 Å². The molecule has 4 aromatic rings. The Morgan fingerprint density at radius 3 is 2.47 bits per heavy atom. The molecule has 0 radical (unpaired) electrons. The number of nitrogens with one attached hydrogen (secondary N) is 2. The Bertz CT molecular complexity index is 1380. The minimum absolute atomic E-state index is 0.577. The van der Waals surface area contributed by atoms with Gasteiger partial charge in [-0.05, 0) is 67.5 Å². The summed E-state index contributed by atoms with van der Waals surface area (Å²) in [6.07, 6.45) is 6.92. The lowest BCUT2D eigenvalue weighted by atomic mass is 9.99. The predicted molar refractivity (Wildman–Crippen MR) is 145 cm³/mol. The average molecular weight is 483 g/mol. The molecule has 0 saturated carbocycles. The van der Waals surface area contributed by atoms with E-state index in [0.29, 0.717) is 5.95 Å². The number of para-hydroxylation sites is 1. The summed E-state index contributed by atoms with van der Waals surface area (Å²) in [5.74, 6) is 1.34. The van der Waals surface area contributed by atoms with E-state index in [1.807, 2.05) is 17.9 Å². The second-order valence-corrected chi connectivity index (χ2v) is 10.1. The number of nitrogens with zero attached hydrogens (tertiary/aromatic N) is 6. The summed E-state index contributed by atoms with van der Waals surface area (Å²) >= 11 is 0. The van der Waals surface area contributed by atoms with Crippen molar-refractivity contribution in [2.75, 3.05) is 30.3 Å². The third-order valence-electron chi connectivity index (χ3n) is 7.49. The SMILES string of the molecule is Cc1cccc(C)c1Nc1nn(C)c2nc(Nc3ccc4c(c3)CN(N3CCCCC3)CC4)ncc12. The maximum atomic E-state index is 4.80. The standard InChI is InChI=1S/C28H34N8/c1-19-8-7-9-20(2)25(19)31-26-24-17-29-28(32-27(24)34(3)33-26)30-23-11-10-21-12-15-36(18-22(21)16-23)35-13-5-4-6-14-35/h7-11,16-17H,4-6,12-15,18H2,1-3H3,(H,31,33)(H,29,30,32). The molecule has 186 valence electrons. The highest BCUT2D eigenvalue weighted by molar-refractivity contribution is 5.90. The summed E-state index contributed by atoms with van der Waals surface area (Å²) in [4.78, 5) is 9.43. The van der Waals surface area contributed by atoms with Gasteiger partial charge in [0.2, 0.25) is 5.95 Å². The quantitative estimate of drug-likeness (QED) is 0.404. The predicted octanol–water partition coefficient (Wildman–Crippen LogP) is 5.23. The van der Waals surface area contributed by atoms with E-state index in [-0.39, 0.29) is 0 Å². The molecule has 0 spiro atoms. The molecule has 2 aliphatic rings. The second-order valence-electron chi connectivity index (χ2n) is 10.1. The third-order valence-corrected chi connectivity index (χ3v) is 7.49. The molecule has 0 bridgehead atoms. The summed E-state index contributed by atoms with van der Waals surface area (Å²) < 4.78 is 1.81. The number of hydrogen-bond donors (Lipinski definition) is 2. The molecule has 36 heavy (non-hydrogen) atoms. The Balaban J connectivity index is 1.22. The first-order chi connectivity index (χ1) is 17.5. The van der Waals surface area contributed by atoms with E-state index in [9.17, 15) is 0 Å². The molecule has 6 rings (SSSR count). The first kappa shape index (κ1) is 22.9. The van der Waals surface area contributed by atoms with Crippen LogP contribution in [0.15, 0.2) is 42.6 Å².